The van der Waals surface area contributed by atoms with E-state index >= 15 is 0 Å². The molecule has 26 heavy (non-hydrogen) atoms. The van der Waals surface area contributed by atoms with E-state index in [0.29, 0.717) is 17.8 Å². The van der Waals surface area contributed by atoms with Gasteiger partial charge in [0.1, 0.15) is 17.0 Å². The van der Waals surface area contributed by atoms with E-state index in [4.69, 9.17) is 0 Å². The van der Waals surface area contributed by atoms with Crippen molar-refractivity contribution in [2.45, 2.75) is 33.1 Å². The van der Waals surface area contributed by atoms with Gasteiger partial charge in [-0.15, -0.1) is 0 Å². The second kappa shape index (κ2) is 7.52. The van der Waals surface area contributed by atoms with Gasteiger partial charge in [-0.3, -0.25) is 14.0 Å². The Morgan fingerprint density at radius 2 is 1.69 bits per heavy atom. The lowest BCUT2D eigenvalue weighted by molar-refractivity contribution is -0.140. The number of ether oxygens (including phenoxy) is 1. The number of carbonyl (C=O) groups excluding carboxylic acids is 2. The van der Waals surface area contributed by atoms with Gasteiger partial charge >= 0.3 is 5.97 Å². The van der Waals surface area contributed by atoms with Crippen molar-refractivity contribution in [3.63, 3.8) is 0 Å². The standard InChI is InChI=1S/C21H22N2O3/c1-14-7-10-16(11-8-14)20-21(17(24)5-4-6-19(25)26-3)23-13-15(2)9-12-18(23)22-20/h7-13H,4-6H2,1-3H3. The summed E-state index contributed by atoms with van der Waals surface area (Å²) in [4.78, 5) is 28.9. The molecule has 0 aliphatic carbocycles. The normalized spacial score (nSPS) is 10.9. The van der Waals surface area contributed by atoms with Crippen LogP contribution in [0.15, 0.2) is 42.6 Å². The summed E-state index contributed by atoms with van der Waals surface area (Å²) < 4.78 is 6.50. The highest BCUT2D eigenvalue weighted by Crippen LogP contribution is 2.27. The molecule has 3 rings (SSSR count). The minimum absolute atomic E-state index is 0.0254. The van der Waals surface area contributed by atoms with Crippen molar-refractivity contribution in [3.05, 3.63) is 59.4 Å². The van der Waals surface area contributed by atoms with Crippen LogP contribution in [0.2, 0.25) is 0 Å². The highest BCUT2D eigenvalue weighted by molar-refractivity contribution is 6.01. The van der Waals surface area contributed by atoms with Gasteiger partial charge in [0, 0.05) is 24.6 Å². The Labute approximate surface area is 152 Å². The van der Waals surface area contributed by atoms with E-state index < -0.39 is 0 Å². The number of pyridine rings is 1. The first kappa shape index (κ1) is 17.9. The number of methoxy groups -OCH3 is 1. The van der Waals surface area contributed by atoms with Crippen LogP contribution in [-0.2, 0) is 9.53 Å². The summed E-state index contributed by atoms with van der Waals surface area (Å²) in [6.07, 6.45) is 2.89. The summed E-state index contributed by atoms with van der Waals surface area (Å²) in [5, 5.41) is 0. The fourth-order valence-electron chi connectivity index (χ4n) is 2.94. The molecule has 0 aliphatic rings. The molecule has 0 bridgehead atoms. The van der Waals surface area contributed by atoms with Crippen LogP contribution in [0.25, 0.3) is 16.9 Å². The number of rotatable bonds is 6. The maximum Gasteiger partial charge on any atom is 0.305 e. The highest BCUT2D eigenvalue weighted by Gasteiger charge is 2.20. The van der Waals surface area contributed by atoms with E-state index in [2.05, 4.69) is 9.72 Å². The molecule has 5 nitrogen and oxygen atoms in total. The number of hydrogen-bond donors (Lipinski definition) is 0. The molecule has 0 amide bonds. The van der Waals surface area contributed by atoms with Gasteiger partial charge in [0.05, 0.1) is 7.11 Å². The van der Waals surface area contributed by atoms with E-state index in [1.807, 2.05) is 60.8 Å². The van der Waals surface area contributed by atoms with Gasteiger partial charge in [-0.2, -0.15) is 0 Å². The lowest BCUT2D eigenvalue weighted by atomic mass is 10.0. The molecule has 0 aliphatic heterocycles. The summed E-state index contributed by atoms with van der Waals surface area (Å²) in [7, 11) is 1.35. The van der Waals surface area contributed by atoms with E-state index in [1.54, 1.807) is 0 Å². The minimum atomic E-state index is -0.300. The Hall–Kier alpha value is -2.95. The molecule has 5 heteroatoms. The van der Waals surface area contributed by atoms with Gasteiger partial charge in [-0.25, -0.2) is 4.98 Å². The number of Topliss-reactive ketones (excluding diaryl/α,β-unsaturated/α-hetero) is 1. The van der Waals surface area contributed by atoms with Gasteiger partial charge in [-0.1, -0.05) is 35.9 Å². The summed E-state index contributed by atoms with van der Waals surface area (Å²) >= 11 is 0. The van der Waals surface area contributed by atoms with Crippen LogP contribution >= 0.6 is 0 Å². The number of hydrogen-bond acceptors (Lipinski definition) is 4. The van der Waals surface area contributed by atoms with Crippen molar-refractivity contribution in [1.29, 1.82) is 0 Å². The monoisotopic (exact) mass is 350 g/mol. The molecule has 2 heterocycles. The Morgan fingerprint density at radius 3 is 2.38 bits per heavy atom. The predicted molar refractivity (Wildman–Crippen MR) is 100 cm³/mol. The molecule has 0 atom stereocenters. The molecule has 0 saturated heterocycles. The van der Waals surface area contributed by atoms with E-state index in [-0.39, 0.29) is 24.6 Å². The summed E-state index contributed by atoms with van der Waals surface area (Å²) in [5.41, 5.74) is 5.10. The SMILES string of the molecule is COC(=O)CCCC(=O)c1c(-c2ccc(C)cc2)nc2ccc(C)cn12. The number of aryl methyl sites for hydroxylation is 2. The molecule has 0 unspecified atom stereocenters. The lowest BCUT2D eigenvalue weighted by Crippen LogP contribution is -2.07. The van der Waals surface area contributed by atoms with Crippen LogP contribution in [0.3, 0.4) is 0 Å². The fraction of sp³-hybridized carbons (Fsp3) is 0.286. The molecule has 1 aromatic carbocycles. The van der Waals surface area contributed by atoms with Crippen molar-refractivity contribution in [3.8, 4) is 11.3 Å². The van der Waals surface area contributed by atoms with Crippen LogP contribution < -0.4 is 0 Å². The number of carbonyl (C=O) groups is 2. The van der Waals surface area contributed by atoms with Gasteiger partial charge < -0.3 is 4.74 Å². The van der Waals surface area contributed by atoms with Gasteiger partial charge in [0.25, 0.3) is 0 Å². The Morgan fingerprint density at radius 1 is 1.00 bits per heavy atom. The predicted octanol–water partition coefficient (Wildman–Crippen LogP) is 4.14. The molecule has 134 valence electrons. The zero-order valence-corrected chi connectivity index (χ0v) is 15.3. The van der Waals surface area contributed by atoms with Crippen LogP contribution in [0.1, 0.15) is 40.9 Å². The van der Waals surface area contributed by atoms with E-state index in [0.717, 1.165) is 22.3 Å². The zero-order valence-electron chi connectivity index (χ0n) is 15.3. The van der Waals surface area contributed by atoms with Crippen molar-refractivity contribution in [2.24, 2.45) is 0 Å². The van der Waals surface area contributed by atoms with Crippen molar-refractivity contribution >= 4 is 17.4 Å². The quantitative estimate of drug-likeness (QED) is 0.495. The molecule has 0 saturated carbocycles. The average Bonchev–Trinajstić information content (AvgIpc) is 3.00. The number of nitrogens with zero attached hydrogens (tertiary/aromatic N) is 2. The van der Waals surface area contributed by atoms with E-state index in [9.17, 15) is 9.59 Å². The number of esters is 1. The molecular formula is C21H22N2O3. The van der Waals surface area contributed by atoms with Crippen molar-refractivity contribution in [2.75, 3.05) is 7.11 Å². The second-order valence-electron chi connectivity index (χ2n) is 6.46. The molecule has 2 aromatic heterocycles. The number of fused-ring (bicyclic) bond motifs is 1. The first-order valence-corrected chi connectivity index (χ1v) is 8.65. The zero-order chi connectivity index (χ0) is 18.7. The molecule has 0 N–H and O–H groups in total. The number of benzene rings is 1. The third kappa shape index (κ3) is 3.67. The number of ketones is 1. The molecule has 3 aromatic rings. The molecule has 0 spiro atoms. The number of imidazole rings is 1. The van der Waals surface area contributed by atoms with Gasteiger partial charge in [-0.05, 0) is 31.9 Å². The van der Waals surface area contributed by atoms with Crippen LogP contribution in [0.5, 0.6) is 0 Å². The third-order valence-corrected chi connectivity index (χ3v) is 4.37. The first-order valence-electron chi connectivity index (χ1n) is 8.65. The minimum Gasteiger partial charge on any atom is -0.469 e. The number of aromatic nitrogens is 2. The first-order chi connectivity index (χ1) is 12.5. The van der Waals surface area contributed by atoms with Crippen LogP contribution in [-0.4, -0.2) is 28.2 Å². The fourth-order valence-corrected chi connectivity index (χ4v) is 2.94. The Balaban J connectivity index is 2.01. The summed E-state index contributed by atoms with van der Waals surface area (Å²) in [5.74, 6) is -0.326. The van der Waals surface area contributed by atoms with E-state index in [1.165, 1.54) is 7.11 Å². The molecule has 0 fully saturated rings. The Kier molecular flexibility index (Phi) is 5.16. The third-order valence-electron chi connectivity index (χ3n) is 4.37. The second-order valence-corrected chi connectivity index (χ2v) is 6.46. The van der Waals surface area contributed by atoms with Crippen molar-refractivity contribution in [1.82, 2.24) is 9.38 Å². The smallest absolute Gasteiger partial charge is 0.305 e. The largest absolute Gasteiger partial charge is 0.469 e. The molecule has 0 radical (unpaired) electrons. The van der Waals surface area contributed by atoms with Crippen LogP contribution in [0.4, 0.5) is 0 Å². The highest BCUT2D eigenvalue weighted by atomic mass is 16.5. The average molecular weight is 350 g/mol. The summed E-state index contributed by atoms with van der Waals surface area (Å²) in [6.45, 7) is 4.01. The van der Waals surface area contributed by atoms with Crippen molar-refractivity contribution < 1.29 is 14.3 Å². The van der Waals surface area contributed by atoms with Crippen LogP contribution in [0, 0.1) is 13.8 Å². The summed E-state index contributed by atoms with van der Waals surface area (Å²) in [6, 6.07) is 11.9. The maximum absolute atomic E-state index is 12.9. The Bertz CT molecular complexity index is 955. The van der Waals surface area contributed by atoms with Gasteiger partial charge in [0.15, 0.2) is 5.78 Å². The topological polar surface area (TPSA) is 60.7 Å². The maximum atomic E-state index is 12.9. The lowest BCUT2D eigenvalue weighted by Gasteiger charge is -2.06. The molecular weight excluding hydrogens is 328 g/mol. The van der Waals surface area contributed by atoms with Gasteiger partial charge in [0.2, 0.25) is 0 Å².